The molecule has 0 spiro atoms. The molecule has 0 radical (unpaired) electrons. The number of carbonyl (C=O) groups excluding carboxylic acids is 1. The average molecular weight is 498 g/mol. The Balaban J connectivity index is 0.00000148. The molecule has 3 heterocycles. The normalized spacial score (nSPS) is 27.0. The molecule has 1 aliphatic carbocycles. The van der Waals surface area contributed by atoms with Crippen molar-refractivity contribution in [2.75, 3.05) is 23.4 Å². The van der Waals surface area contributed by atoms with Gasteiger partial charge in [0.1, 0.15) is 24.7 Å². The predicted octanol–water partition coefficient (Wildman–Crippen LogP) is 3.07. The summed E-state index contributed by atoms with van der Waals surface area (Å²) in [5, 5.41) is 24.0. The molecule has 2 aromatic rings. The minimum Gasteiger partial charge on any atom is -0.459 e. The van der Waals surface area contributed by atoms with Gasteiger partial charge in [-0.05, 0) is 37.8 Å². The number of esters is 1. The van der Waals surface area contributed by atoms with Gasteiger partial charge < -0.3 is 29.9 Å². The van der Waals surface area contributed by atoms with Gasteiger partial charge in [-0.3, -0.25) is 4.99 Å². The maximum Gasteiger partial charge on any atom is 0.338 e. The van der Waals surface area contributed by atoms with Crippen LogP contribution in [0.3, 0.4) is 0 Å². The first-order chi connectivity index (χ1) is 17.6. The number of fused-ring (bicyclic) bond motifs is 1. The van der Waals surface area contributed by atoms with Crippen molar-refractivity contribution >= 4 is 29.5 Å². The van der Waals surface area contributed by atoms with Crippen LogP contribution in [0.15, 0.2) is 41.7 Å². The Morgan fingerprint density at radius 2 is 1.89 bits per heavy atom. The third-order valence-corrected chi connectivity index (χ3v) is 6.49. The quantitative estimate of drug-likeness (QED) is 0.516. The third kappa shape index (κ3) is 6.00. The topological polar surface area (TPSA) is 129 Å². The summed E-state index contributed by atoms with van der Waals surface area (Å²) in [5.74, 6) is 0.797. The highest BCUT2D eigenvalue weighted by Crippen LogP contribution is 2.39. The second kappa shape index (κ2) is 12.2. The van der Waals surface area contributed by atoms with E-state index in [1.807, 2.05) is 24.8 Å². The van der Waals surface area contributed by atoms with E-state index < -0.39 is 24.4 Å². The highest BCUT2D eigenvalue weighted by molar-refractivity contribution is 5.89. The van der Waals surface area contributed by atoms with E-state index in [-0.39, 0.29) is 18.8 Å². The molecule has 0 amide bonds. The molecule has 1 aromatic heterocycles. The van der Waals surface area contributed by atoms with Gasteiger partial charge in [-0.25, -0.2) is 14.8 Å². The molecule has 1 unspecified atom stereocenters. The highest BCUT2D eigenvalue weighted by Gasteiger charge is 2.40. The van der Waals surface area contributed by atoms with Crippen LogP contribution in [-0.4, -0.2) is 76.1 Å². The molecule has 1 saturated carbocycles. The molecule has 36 heavy (non-hydrogen) atoms. The van der Waals surface area contributed by atoms with Crippen molar-refractivity contribution in [2.24, 2.45) is 4.99 Å². The summed E-state index contributed by atoms with van der Waals surface area (Å²) < 4.78 is 11.5. The van der Waals surface area contributed by atoms with Gasteiger partial charge in [-0.2, -0.15) is 0 Å². The fourth-order valence-electron chi connectivity index (χ4n) is 4.69. The second-order valence-corrected chi connectivity index (χ2v) is 8.92. The molecular weight excluding hydrogens is 462 g/mol. The van der Waals surface area contributed by atoms with Crippen molar-refractivity contribution in [3.63, 3.8) is 0 Å². The summed E-state index contributed by atoms with van der Waals surface area (Å²) in [6.07, 6.45) is 4.75. The average Bonchev–Trinajstić information content (AvgIpc) is 3.30. The van der Waals surface area contributed by atoms with Crippen LogP contribution in [0.5, 0.6) is 0 Å². The van der Waals surface area contributed by atoms with E-state index in [2.05, 4.69) is 20.3 Å². The zero-order valence-electron chi connectivity index (χ0n) is 20.8. The van der Waals surface area contributed by atoms with Crippen LogP contribution in [0, 0.1) is 0 Å². The largest absolute Gasteiger partial charge is 0.459 e. The minimum atomic E-state index is -0.772. The number of carbonyl (C=O) groups is 1. The first kappa shape index (κ1) is 26.0. The molecular formula is C26H35N5O5. The van der Waals surface area contributed by atoms with Gasteiger partial charge in [0.2, 0.25) is 0 Å². The molecule has 10 nitrogen and oxygen atoms in total. The highest BCUT2D eigenvalue weighted by atomic mass is 16.6. The Morgan fingerprint density at radius 3 is 2.64 bits per heavy atom. The van der Waals surface area contributed by atoms with E-state index in [9.17, 15) is 15.0 Å². The third-order valence-electron chi connectivity index (χ3n) is 6.49. The Labute approximate surface area is 211 Å². The number of aromatic nitrogens is 2. The summed E-state index contributed by atoms with van der Waals surface area (Å²) >= 11 is 0. The zero-order valence-corrected chi connectivity index (χ0v) is 20.8. The lowest BCUT2D eigenvalue weighted by molar-refractivity contribution is -0.0200. The maximum atomic E-state index is 12.2. The summed E-state index contributed by atoms with van der Waals surface area (Å²) in [5.41, 5.74) is 1.08. The van der Waals surface area contributed by atoms with Gasteiger partial charge >= 0.3 is 5.97 Å². The van der Waals surface area contributed by atoms with Gasteiger partial charge in [0.25, 0.3) is 0 Å². The standard InChI is InChI=1S/C24H29N5O5.C2H6/c30-17-8-6-16(7-9-17)28-21-20-22(27-14-26-21)29(11-10-25-20)23-19(31)12-18(34-23)13-33-24(32)15-4-2-1-3-5-15;1-2/h1-5,10,14,16-19,23,30-31H,6-9,11-13H2,(H,26,27,28);1-2H3/t16?,17?,18-,19-,23?;/m0./s1. The van der Waals surface area contributed by atoms with Crippen molar-refractivity contribution in [1.82, 2.24) is 9.97 Å². The molecule has 194 valence electrons. The van der Waals surface area contributed by atoms with E-state index in [0.717, 1.165) is 25.7 Å². The Kier molecular flexibility index (Phi) is 8.84. The number of anilines is 2. The summed E-state index contributed by atoms with van der Waals surface area (Å²) in [6.45, 7) is 4.48. The lowest BCUT2D eigenvalue weighted by Crippen LogP contribution is -2.44. The van der Waals surface area contributed by atoms with Crippen LogP contribution >= 0.6 is 0 Å². The monoisotopic (exact) mass is 497 g/mol. The van der Waals surface area contributed by atoms with E-state index in [4.69, 9.17) is 9.47 Å². The van der Waals surface area contributed by atoms with Crippen molar-refractivity contribution in [2.45, 2.75) is 76.5 Å². The van der Waals surface area contributed by atoms with E-state index in [0.29, 0.717) is 35.9 Å². The second-order valence-electron chi connectivity index (χ2n) is 8.92. The summed E-state index contributed by atoms with van der Waals surface area (Å²) in [4.78, 5) is 27.5. The van der Waals surface area contributed by atoms with Gasteiger partial charge in [-0.1, -0.05) is 32.0 Å². The van der Waals surface area contributed by atoms with Crippen LogP contribution in [0.2, 0.25) is 0 Å². The number of aliphatic imine (C=N–C) groups is 1. The fourth-order valence-corrected chi connectivity index (χ4v) is 4.69. The lowest BCUT2D eigenvalue weighted by atomic mass is 9.93. The van der Waals surface area contributed by atoms with Gasteiger partial charge in [0.05, 0.1) is 24.3 Å². The fraction of sp³-hybridized carbons (Fsp3) is 0.538. The Bertz CT molecular complexity index is 1030. The van der Waals surface area contributed by atoms with Gasteiger partial charge in [0, 0.05) is 18.7 Å². The molecule has 2 fully saturated rings. The van der Waals surface area contributed by atoms with E-state index in [1.54, 1.807) is 30.5 Å². The number of aliphatic hydroxyl groups is 2. The molecule has 0 bridgehead atoms. The van der Waals surface area contributed by atoms with Gasteiger partial charge in [0.15, 0.2) is 17.9 Å². The van der Waals surface area contributed by atoms with Gasteiger partial charge in [-0.15, -0.1) is 0 Å². The predicted molar refractivity (Wildman–Crippen MR) is 137 cm³/mol. The van der Waals surface area contributed by atoms with Crippen LogP contribution in [0.4, 0.5) is 17.3 Å². The smallest absolute Gasteiger partial charge is 0.338 e. The first-order valence-electron chi connectivity index (χ1n) is 12.7. The Morgan fingerprint density at radius 1 is 1.14 bits per heavy atom. The lowest BCUT2D eigenvalue weighted by Gasteiger charge is -2.34. The SMILES string of the molecule is CC.O=C(OC[C@@H]1C[C@H](O)C(N2CC=Nc3c(NC4CCC(O)CC4)ncnc32)O1)c1ccccc1. The molecule has 3 N–H and O–H groups in total. The van der Waals surface area contributed by atoms with Crippen LogP contribution in [0.25, 0.3) is 0 Å². The van der Waals surface area contributed by atoms with Crippen molar-refractivity contribution in [3.8, 4) is 0 Å². The Hall–Kier alpha value is -3.08. The summed E-state index contributed by atoms with van der Waals surface area (Å²) in [7, 11) is 0. The zero-order chi connectivity index (χ0) is 25.5. The van der Waals surface area contributed by atoms with Crippen molar-refractivity contribution in [3.05, 3.63) is 42.2 Å². The number of ether oxygens (including phenoxy) is 2. The number of rotatable bonds is 6. The molecule has 5 rings (SSSR count). The minimum absolute atomic E-state index is 0.0557. The molecule has 1 aromatic carbocycles. The number of hydrogen-bond acceptors (Lipinski definition) is 10. The van der Waals surface area contributed by atoms with Crippen LogP contribution in [0.1, 0.15) is 56.3 Å². The molecule has 3 aliphatic rings. The molecule has 2 aliphatic heterocycles. The van der Waals surface area contributed by atoms with E-state index >= 15 is 0 Å². The van der Waals surface area contributed by atoms with E-state index in [1.165, 1.54) is 6.33 Å². The first-order valence-corrected chi connectivity index (χ1v) is 12.7. The molecule has 10 heteroatoms. The van der Waals surface area contributed by atoms with Crippen molar-refractivity contribution < 1.29 is 24.5 Å². The van der Waals surface area contributed by atoms with Crippen LogP contribution in [-0.2, 0) is 9.47 Å². The number of nitrogens with zero attached hydrogens (tertiary/aromatic N) is 4. The maximum absolute atomic E-state index is 12.2. The summed E-state index contributed by atoms with van der Waals surface area (Å²) in [6, 6.07) is 8.99. The number of benzene rings is 1. The molecule has 3 atom stereocenters. The molecule has 1 saturated heterocycles. The number of hydrogen-bond donors (Lipinski definition) is 3. The van der Waals surface area contributed by atoms with Crippen LogP contribution < -0.4 is 10.2 Å². The van der Waals surface area contributed by atoms with Crippen molar-refractivity contribution in [1.29, 1.82) is 0 Å². The number of nitrogens with one attached hydrogen (secondary N) is 1. The number of aliphatic hydroxyl groups excluding tert-OH is 2.